The molecule has 1 aliphatic carbocycles. The van der Waals surface area contributed by atoms with Crippen molar-refractivity contribution in [3.05, 3.63) is 59.7 Å². The zero-order chi connectivity index (χ0) is 39.2. The van der Waals surface area contributed by atoms with Crippen LogP contribution in [0.1, 0.15) is 70.6 Å². The van der Waals surface area contributed by atoms with Gasteiger partial charge in [-0.3, -0.25) is 19.7 Å². The first-order valence-electron chi connectivity index (χ1n) is 19.2. The molecule has 5 rings (SSSR count). The minimum atomic E-state index is -0.801. The van der Waals surface area contributed by atoms with Crippen LogP contribution in [-0.2, 0) is 55.8 Å². The molecule has 3 N–H and O–H groups in total. The molecular weight excluding hydrogens is 710 g/mol. The van der Waals surface area contributed by atoms with Gasteiger partial charge in [-0.1, -0.05) is 67.1 Å². The van der Waals surface area contributed by atoms with Crippen LogP contribution in [0.2, 0.25) is 0 Å². The zero-order valence-corrected chi connectivity index (χ0v) is 32.2. The van der Waals surface area contributed by atoms with Crippen LogP contribution in [0.15, 0.2) is 48.5 Å². The summed E-state index contributed by atoms with van der Waals surface area (Å²) in [5, 5.41) is 24.3. The van der Waals surface area contributed by atoms with Crippen molar-refractivity contribution < 1.29 is 47.9 Å². The Balaban J connectivity index is 1.12. The SMILES string of the molecule is CC(=O)NC1C(OCCOCCOCCn2nnc3c2-c2ccccc2C(OCNCCCCCC(=O)O)Cc2ccccc2-3)OC(C)C(C)C1OC(C)=O. The molecule has 6 atom stereocenters. The van der Waals surface area contributed by atoms with Gasteiger partial charge in [0.15, 0.2) is 6.29 Å². The second-order valence-corrected chi connectivity index (χ2v) is 13.9. The van der Waals surface area contributed by atoms with Gasteiger partial charge in [-0.2, -0.15) is 0 Å². The van der Waals surface area contributed by atoms with Crippen molar-refractivity contribution in [1.29, 1.82) is 0 Å². The highest BCUT2D eigenvalue weighted by molar-refractivity contribution is 5.82. The summed E-state index contributed by atoms with van der Waals surface area (Å²) < 4.78 is 37.6. The van der Waals surface area contributed by atoms with Crippen LogP contribution in [0.3, 0.4) is 0 Å². The Bertz CT molecular complexity index is 1700. The summed E-state index contributed by atoms with van der Waals surface area (Å²) in [5.74, 6) is -1.61. The van der Waals surface area contributed by atoms with Crippen LogP contribution in [0.25, 0.3) is 22.5 Å². The van der Waals surface area contributed by atoms with Crippen LogP contribution < -0.4 is 10.6 Å². The number of aromatic nitrogens is 3. The molecule has 0 spiro atoms. The molecule has 2 aromatic carbocycles. The number of hydrogen-bond acceptors (Lipinski definition) is 12. The fourth-order valence-corrected chi connectivity index (χ4v) is 7.00. The number of esters is 1. The van der Waals surface area contributed by atoms with Crippen molar-refractivity contribution in [2.24, 2.45) is 5.92 Å². The Morgan fingerprint density at radius 1 is 0.909 bits per heavy atom. The van der Waals surface area contributed by atoms with Crippen molar-refractivity contribution in [3.8, 4) is 22.5 Å². The van der Waals surface area contributed by atoms with Gasteiger partial charge in [0.2, 0.25) is 5.91 Å². The molecule has 15 nitrogen and oxygen atoms in total. The molecule has 1 fully saturated rings. The highest BCUT2D eigenvalue weighted by Crippen LogP contribution is 2.41. The number of ether oxygens (including phenoxy) is 6. The molecule has 0 radical (unpaired) electrons. The lowest BCUT2D eigenvalue weighted by molar-refractivity contribution is -0.251. The first kappa shape index (κ1) is 41.9. The highest BCUT2D eigenvalue weighted by Gasteiger charge is 2.45. The van der Waals surface area contributed by atoms with Crippen molar-refractivity contribution >= 4 is 17.8 Å². The number of carboxylic acids is 1. The predicted molar refractivity (Wildman–Crippen MR) is 202 cm³/mol. The van der Waals surface area contributed by atoms with Gasteiger partial charge < -0.3 is 38.8 Å². The molecule has 2 aliphatic rings. The summed E-state index contributed by atoms with van der Waals surface area (Å²) in [6, 6.07) is 15.8. The summed E-state index contributed by atoms with van der Waals surface area (Å²) in [7, 11) is 0. The second kappa shape index (κ2) is 21.2. The van der Waals surface area contributed by atoms with E-state index in [0.717, 1.165) is 53.0 Å². The molecule has 55 heavy (non-hydrogen) atoms. The maximum atomic E-state index is 11.9. The maximum Gasteiger partial charge on any atom is 0.303 e. The number of nitrogens with one attached hydrogen (secondary N) is 2. The summed E-state index contributed by atoms with van der Waals surface area (Å²) in [6.07, 6.45) is 1.42. The molecule has 1 aromatic heterocycles. The number of aliphatic carboxylic acids is 1. The number of amides is 1. The molecule has 1 aliphatic heterocycles. The first-order chi connectivity index (χ1) is 26.6. The first-order valence-corrected chi connectivity index (χ1v) is 19.2. The van der Waals surface area contributed by atoms with Gasteiger partial charge in [0.25, 0.3) is 0 Å². The lowest BCUT2D eigenvalue weighted by atomic mass is 9.87. The number of rotatable bonds is 21. The Hall–Kier alpha value is -4.25. The second-order valence-electron chi connectivity index (χ2n) is 13.9. The van der Waals surface area contributed by atoms with Gasteiger partial charge in [0.1, 0.15) is 17.8 Å². The van der Waals surface area contributed by atoms with E-state index in [1.165, 1.54) is 13.8 Å². The third kappa shape index (κ3) is 11.9. The van der Waals surface area contributed by atoms with Gasteiger partial charge in [-0.05, 0) is 37.4 Å². The Morgan fingerprint density at radius 3 is 2.40 bits per heavy atom. The van der Waals surface area contributed by atoms with Crippen molar-refractivity contribution in [3.63, 3.8) is 0 Å². The molecule has 3 aromatic rings. The number of carboxylic acid groups (broad SMARTS) is 1. The van der Waals surface area contributed by atoms with Crippen molar-refractivity contribution in [2.45, 2.75) is 97.0 Å². The Morgan fingerprint density at radius 2 is 1.64 bits per heavy atom. The average Bonchev–Trinajstić information content (AvgIpc) is 3.57. The molecule has 6 unspecified atom stereocenters. The van der Waals surface area contributed by atoms with Gasteiger partial charge in [0.05, 0.1) is 64.2 Å². The van der Waals surface area contributed by atoms with Crippen LogP contribution in [0.5, 0.6) is 0 Å². The minimum Gasteiger partial charge on any atom is -0.481 e. The van der Waals surface area contributed by atoms with E-state index in [-0.39, 0.29) is 43.7 Å². The molecule has 2 heterocycles. The zero-order valence-electron chi connectivity index (χ0n) is 32.2. The summed E-state index contributed by atoms with van der Waals surface area (Å²) in [4.78, 5) is 34.5. The fourth-order valence-electron chi connectivity index (χ4n) is 7.00. The standard InChI is InChI=1S/C40H55N5O10/c1-26-27(2)54-40(37(42-28(3)46)39(26)55-29(4)47)52-23-22-51-21-20-50-19-18-45-38-33-15-10-9-14-32(33)34(53-25-41-17-11-5-6-16-35(48)49)24-30-12-7-8-13-31(30)36(38)43-44-45/h7-10,12-15,26-27,34,37,39-41H,5-6,11,16-25H2,1-4H3,(H,42,46)(H,48,49). The Kier molecular flexibility index (Phi) is 16.1. The molecule has 1 amide bonds. The van der Waals surface area contributed by atoms with E-state index in [2.05, 4.69) is 45.2 Å². The van der Waals surface area contributed by atoms with E-state index in [0.29, 0.717) is 45.9 Å². The number of unbranched alkanes of at least 4 members (excludes halogenated alkanes) is 2. The highest BCUT2D eigenvalue weighted by atomic mass is 16.7. The number of fused-ring (bicyclic) bond motifs is 5. The van der Waals surface area contributed by atoms with Gasteiger partial charge in [-0.25, -0.2) is 4.68 Å². The van der Waals surface area contributed by atoms with E-state index < -0.39 is 30.4 Å². The van der Waals surface area contributed by atoms with Gasteiger partial charge >= 0.3 is 11.9 Å². The summed E-state index contributed by atoms with van der Waals surface area (Å²) in [5.41, 5.74) is 5.91. The fraction of sp³-hybridized carbons (Fsp3) is 0.575. The normalized spacial score (nSPS) is 21.7. The monoisotopic (exact) mass is 765 g/mol. The molecule has 15 heteroatoms. The number of hydrogen-bond donors (Lipinski definition) is 3. The largest absolute Gasteiger partial charge is 0.481 e. The third-order valence-corrected chi connectivity index (χ3v) is 9.86. The van der Waals surface area contributed by atoms with Gasteiger partial charge in [-0.15, -0.1) is 5.10 Å². The van der Waals surface area contributed by atoms with Crippen molar-refractivity contribution in [2.75, 3.05) is 46.3 Å². The Labute approximate surface area is 322 Å². The molecule has 0 bridgehead atoms. The average molecular weight is 766 g/mol. The van der Waals surface area contributed by atoms with Crippen LogP contribution in [0.4, 0.5) is 0 Å². The summed E-state index contributed by atoms with van der Waals surface area (Å²) in [6.45, 7) is 9.69. The predicted octanol–water partition coefficient (Wildman–Crippen LogP) is 4.29. The lowest BCUT2D eigenvalue weighted by Gasteiger charge is -2.44. The van der Waals surface area contributed by atoms with Crippen molar-refractivity contribution in [1.82, 2.24) is 25.6 Å². The number of carbonyl (C=O) groups excluding carboxylic acids is 2. The van der Waals surface area contributed by atoms with Gasteiger partial charge in [0, 0.05) is 43.7 Å². The topological polar surface area (TPSA) is 182 Å². The minimum absolute atomic E-state index is 0.143. The molecular formula is C40H55N5O10. The quantitative estimate of drug-likeness (QED) is 0.0795. The van der Waals surface area contributed by atoms with E-state index in [9.17, 15) is 14.4 Å². The van der Waals surface area contributed by atoms with E-state index >= 15 is 0 Å². The third-order valence-electron chi connectivity index (χ3n) is 9.86. The maximum absolute atomic E-state index is 11.9. The number of carbonyl (C=O) groups is 3. The molecule has 300 valence electrons. The van der Waals surface area contributed by atoms with E-state index in [1.54, 1.807) is 0 Å². The molecule has 0 saturated carbocycles. The van der Waals surface area contributed by atoms with E-state index in [1.807, 2.05) is 42.8 Å². The van der Waals surface area contributed by atoms with E-state index in [4.69, 9.17) is 33.5 Å². The number of nitrogens with zero attached hydrogens (tertiary/aromatic N) is 3. The molecule has 1 saturated heterocycles. The van der Waals surface area contributed by atoms with Crippen LogP contribution in [0, 0.1) is 5.92 Å². The van der Waals surface area contributed by atoms with Crippen LogP contribution >= 0.6 is 0 Å². The smallest absolute Gasteiger partial charge is 0.303 e. The number of benzene rings is 2. The van der Waals surface area contributed by atoms with Crippen LogP contribution in [-0.4, -0.2) is 109 Å². The lowest BCUT2D eigenvalue weighted by Crippen LogP contribution is -2.61. The summed E-state index contributed by atoms with van der Waals surface area (Å²) >= 11 is 0.